The molecule has 0 atom stereocenters. The fourth-order valence-electron chi connectivity index (χ4n) is 3.02. The Morgan fingerprint density at radius 3 is 2.20 bits per heavy atom. The van der Waals surface area contributed by atoms with Gasteiger partial charge in [0.1, 0.15) is 0 Å². The van der Waals surface area contributed by atoms with Gasteiger partial charge in [-0.1, -0.05) is 6.92 Å². The predicted octanol–water partition coefficient (Wildman–Crippen LogP) is 3.94. The first kappa shape index (κ1) is 25.0. The highest BCUT2D eigenvalue weighted by atomic mass is 16.5. The van der Waals surface area contributed by atoms with Crippen molar-refractivity contribution < 1.29 is 37.8 Å². The number of methoxy groups -OCH3 is 2. The summed E-state index contributed by atoms with van der Waals surface area (Å²) >= 11 is 0. The third-order valence-corrected chi connectivity index (χ3v) is 4.88. The van der Waals surface area contributed by atoms with E-state index in [0.717, 1.165) is 0 Å². The summed E-state index contributed by atoms with van der Waals surface area (Å²) in [5.74, 6) is -1.52. The maximum Gasteiger partial charge on any atom is 0.340 e. The number of furan rings is 1. The molecule has 1 heterocycles. The van der Waals surface area contributed by atoms with Crippen LogP contribution in [-0.4, -0.2) is 44.4 Å². The van der Waals surface area contributed by atoms with E-state index in [1.807, 2.05) is 0 Å². The van der Waals surface area contributed by atoms with Crippen LogP contribution in [0.15, 0.2) is 59.2 Å². The molecule has 0 radical (unpaired) electrons. The zero-order valence-electron chi connectivity index (χ0n) is 19.4. The number of benzene rings is 2. The van der Waals surface area contributed by atoms with Crippen LogP contribution in [0.4, 0.5) is 11.4 Å². The van der Waals surface area contributed by atoms with Crippen LogP contribution in [0.25, 0.3) is 0 Å². The molecule has 0 aliphatic carbocycles. The Kier molecular flexibility index (Phi) is 8.23. The fraction of sp³-hybridized carbons (Fsp3) is 0.200. The van der Waals surface area contributed by atoms with E-state index in [0.29, 0.717) is 17.7 Å². The number of anilines is 2. The van der Waals surface area contributed by atoms with Crippen molar-refractivity contribution in [3.8, 4) is 11.5 Å². The van der Waals surface area contributed by atoms with Gasteiger partial charge < -0.3 is 29.3 Å². The number of amides is 2. The summed E-state index contributed by atoms with van der Waals surface area (Å²) in [5, 5.41) is 5.26. The number of rotatable bonds is 10. The number of hydrogen-bond acceptors (Lipinski definition) is 8. The zero-order chi connectivity index (χ0) is 25.4. The van der Waals surface area contributed by atoms with Crippen molar-refractivity contribution in [2.24, 2.45) is 0 Å². The zero-order valence-corrected chi connectivity index (χ0v) is 19.4. The first-order valence-electron chi connectivity index (χ1n) is 10.6. The van der Waals surface area contributed by atoms with Gasteiger partial charge in [0.15, 0.2) is 29.6 Å². The summed E-state index contributed by atoms with van der Waals surface area (Å²) in [7, 11) is 2.80. The normalized spacial score (nSPS) is 10.3. The Morgan fingerprint density at radius 2 is 1.60 bits per heavy atom. The second-order valence-corrected chi connectivity index (χ2v) is 7.16. The molecule has 0 unspecified atom stereocenters. The van der Waals surface area contributed by atoms with Crippen LogP contribution < -0.4 is 20.1 Å². The molecule has 1 aromatic heterocycles. The van der Waals surface area contributed by atoms with Crippen molar-refractivity contribution in [2.45, 2.75) is 13.3 Å². The molecule has 35 heavy (non-hydrogen) atoms. The van der Waals surface area contributed by atoms with E-state index in [4.69, 9.17) is 18.6 Å². The largest absolute Gasteiger partial charge is 0.493 e. The summed E-state index contributed by atoms with van der Waals surface area (Å²) in [6, 6.07) is 12.0. The first-order chi connectivity index (χ1) is 16.9. The molecule has 10 heteroatoms. The third-order valence-electron chi connectivity index (χ3n) is 4.88. The number of ether oxygens (including phenoxy) is 3. The smallest absolute Gasteiger partial charge is 0.340 e. The van der Waals surface area contributed by atoms with Gasteiger partial charge in [-0.25, -0.2) is 4.79 Å². The van der Waals surface area contributed by atoms with Crippen molar-refractivity contribution >= 4 is 34.9 Å². The predicted molar refractivity (Wildman–Crippen MR) is 126 cm³/mol. The molecule has 0 saturated carbocycles. The van der Waals surface area contributed by atoms with Crippen LogP contribution >= 0.6 is 0 Å². The molecule has 2 aromatic carbocycles. The Bertz CT molecular complexity index is 1220. The van der Waals surface area contributed by atoms with E-state index >= 15 is 0 Å². The molecule has 10 nitrogen and oxygen atoms in total. The Labute approximate surface area is 201 Å². The van der Waals surface area contributed by atoms with Crippen molar-refractivity contribution in [3.63, 3.8) is 0 Å². The second-order valence-electron chi connectivity index (χ2n) is 7.16. The van der Waals surface area contributed by atoms with E-state index in [2.05, 4.69) is 10.6 Å². The Morgan fingerprint density at radius 1 is 0.914 bits per heavy atom. The van der Waals surface area contributed by atoms with Crippen molar-refractivity contribution in [1.82, 2.24) is 0 Å². The molecule has 0 fully saturated rings. The lowest BCUT2D eigenvalue weighted by Gasteiger charge is -2.15. The molecule has 3 aromatic rings. The average Bonchev–Trinajstić information content (AvgIpc) is 3.42. The maximum atomic E-state index is 12.9. The average molecular weight is 480 g/mol. The summed E-state index contributed by atoms with van der Waals surface area (Å²) < 4.78 is 20.8. The third kappa shape index (κ3) is 6.26. The number of nitrogens with one attached hydrogen (secondary N) is 2. The quantitative estimate of drug-likeness (QED) is 0.329. The lowest BCUT2D eigenvalue weighted by atomic mass is 10.1. The molecule has 0 aliphatic heterocycles. The van der Waals surface area contributed by atoms with Crippen molar-refractivity contribution in [3.05, 3.63) is 71.7 Å². The Balaban J connectivity index is 1.75. The minimum atomic E-state index is -0.860. The molecule has 0 bridgehead atoms. The molecular formula is C25H24N2O8. The van der Waals surface area contributed by atoms with Gasteiger partial charge in [-0.05, 0) is 36.4 Å². The number of carbonyl (C=O) groups excluding carboxylic acids is 4. The van der Waals surface area contributed by atoms with Crippen LogP contribution in [0.2, 0.25) is 0 Å². The van der Waals surface area contributed by atoms with Gasteiger partial charge in [-0.3, -0.25) is 14.4 Å². The SMILES string of the molecule is CCC(=O)Nc1ccc(C(=O)COC(=O)c2cc(OC)c(OC)cc2NC(=O)c2ccco2)cc1. The molecule has 182 valence electrons. The molecule has 2 amide bonds. The summed E-state index contributed by atoms with van der Waals surface area (Å²) in [4.78, 5) is 49.3. The highest BCUT2D eigenvalue weighted by Crippen LogP contribution is 2.34. The minimum absolute atomic E-state index is 0.0350. The van der Waals surface area contributed by atoms with Gasteiger partial charge in [0.05, 0.1) is 31.7 Å². The van der Waals surface area contributed by atoms with Gasteiger partial charge in [-0.2, -0.15) is 0 Å². The van der Waals surface area contributed by atoms with Gasteiger partial charge in [0, 0.05) is 29.8 Å². The van der Waals surface area contributed by atoms with Crippen LogP contribution in [-0.2, 0) is 9.53 Å². The molecule has 0 spiro atoms. The molecular weight excluding hydrogens is 456 g/mol. The standard InChI is InChI=1S/C25H24N2O8/c1-4-23(29)26-16-9-7-15(8-10-16)19(28)14-35-25(31)17-12-21(32-2)22(33-3)13-18(17)27-24(30)20-6-5-11-34-20/h5-13H,4,14H2,1-3H3,(H,26,29)(H,27,30). The number of Topliss-reactive ketones (excluding diaryl/α,β-unsaturated/α-hetero) is 1. The number of carbonyl (C=O) groups is 4. The van der Waals surface area contributed by atoms with E-state index < -0.39 is 24.3 Å². The lowest BCUT2D eigenvalue weighted by molar-refractivity contribution is -0.115. The van der Waals surface area contributed by atoms with Crippen LogP contribution in [0.1, 0.15) is 44.6 Å². The van der Waals surface area contributed by atoms with Crippen LogP contribution in [0.5, 0.6) is 11.5 Å². The minimum Gasteiger partial charge on any atom is -0.493 e. The lowest BCUT2D eigenvalue weighted by Crippen LogP contribution is -2.18. The molecule has 2 N–H and O–H groups in total. The molecule has 3 rings (SSSR count). The van der Waals surface area contributed by atoms with Crippen molar-refractivity contribution in [1.29, 1.82) is 0 Å². The number of esters is 1. The maximum absolute atomic E-state index is 12.9. The fourth-order valence-corrected chi connectivity index (χ4v) is 3.02. The van der Waals surface area contributed by atoms with E-state index in [1.54, 1.807) is 25.1 Å². The highest BCUT2D eigenvalue weighted by Gasteiger charge is 2.22. The van der Waals surface area contributed by atoms with Gasteiger partial charge in [0.25, 0.3) is 5.91 Å². The highest BCUT2D eigenvalue weighted by molar-refractivity contribution is 6.08. The Hall–Kier alpha value is -4.60. The van der Waals surface area contributed by atoms with Crippen molar-refractivity contribution in [2.75, 3.05) is 31.5 Å². The summed E-state index contributed by atoms with van der Waals surface area (Å²) in [6.07, 6.45) is 1.67. The van der Waals surface area contributed by atoms with Gasteiger partial charge >= 0.3 is 5.97 Å². The monoisotopic (exact) mass is 480 g/mol. The second kappa shape index (κ2) is 11.5. The number of ketones is 1. The first-order valence-corrected chi connectivity index (χ1v) is 10.6. The molecule has 0 saturated heterocycles. The summed E-state index contributed by atoms with van der Waals surface area (Å²) in [5.41, 5.74) is 0.879. The number of hydrogen-bond donors (Lipinski definition) is 2. The summed E-state index contributed by atoms with van der Waals surface area (Å²) in [6.45, 7) is 1.19. The topological polar surface area (TPSA) is 133 Å². The van der Waals surface area contributed by atoms with Gasteiger partial charge in [-0.15, -0.1) is 0 Å². The molecule has 0 aliphatic rings. The van der Waals surface area contributed by atoms with Gasteiger partial charge in [0.2, 0.25) is 5.91 Å². The van der Waals surface area contributed by atoms with Crippen LogP contribution in [0.3, 0.4) is 0 Å². The van der Waals surface area contributed by atoms with E-state index in [9.17, 15) is 19.2 Å². The van der Waals surface area contributed by atoms with E-state index in [-0.39, 0.29) is 34.4 Å². The van der Waals surface area contributed by atoms with Crippen LogP contribution in [0, 0.1) is 0 Å². The van der Waals surface area contributed by atoms with E-state index in [1.165, 1.54) is 50.8 Å².